The molecule has 0 aromatic heterocycles. The molecular weight excluding hydrogens is 184 g/mol. The smallest absolute Gasteiger partial charge is 0.0119 e. The van der Waals surface area contributed by atoms with Gasteiger partial charge in [0, 0.05) is 18.1 Å². The number of piperidine rings is 1. The first-order valence-electron chi connectivity index (χ1n) is 6.34. The second kappa shape index (κ2) is 5.31. The molecule has 1 rings (SSSR count). The quantitative estimate of drug-likeness (QED) is 0.772. The van der Waals surface area contributed by atoms with Crippen LogP contribution in [0.4, 0.5) is 0 Å². The normalized spacial score (nSPS) is 33.0. The summed E-state index contributed by atoms with van der Waals surface area (Å²) < 4.78 is 0. The lowest BCUT2D eigenvalue weighted by Crippen LogP contribution is -2.54. The van der Waals surface area contributed by atoms with Gasteiger partial charge in [-0.1, -0.05) is 27.7 Å². The Morgan fingerprint density at radius 2 is 1.33 bits per heavy atom. The molecule has 1 N–H and O–H groups in total. The van der Waals surface area contributed by atoms with Gasteiger partial charge in [-0.25, -0.2) is 0 Å². The summed E-state index contributed by atoms with van der Waals surface area (Å²) in [6.07, 6.45) is 2.60. The van der Waals surface area contributed by atoms with Gasteiger partial charge in [0.2, 0.25) is 0 Å². The molecule has 1 heterocycles. The third-order valence-corrected chi connectivity index (χ3v) is 3.82. The third kappa shape index (κ3) is 3.46. The van der Waals surface area contributed by atoms with Crippen molar-refractivity contribution in [2.45, 2.75) is 58.7 Å². The maximum absolute atomic E-state index is 3.81. The van der Waals surface area contributed by atoms with Crippen LogP contribution in [0.2, 0.25) is 0 Å². The van der Waals surface area contributed by atoms with Crippen LogP contribution < -0.4 is 5.32 Å². The predicted molar refractivity (Wildman–Crippen MR) is 67.1 cm³/mol. The van der Waals surface area contributed by atoms with Crippen LogP contribution in [0.1, 0.15) is 40.5 Å². The average Bonchev–Trinajstić information content (AvgIpc) is 2.16. The highest BCUT2D eigenvalue weighted by Crippen LogP contribution is 2.25. The maximum Gasteiger partial charge on any atom is 0.0119 e. The zero-order valence-corrected chi connectivity index (χ0v) is 11.2. The molecule has 0 spiro atoms. The standard InChI is InChI=1S/C13H28N2/c1-9(2)12-7-11(15(5)6)8-13(14-12)10(3)4/h9-14H,7-8H2,1-6H3. The molecule has 0 aliphatic carbocycles. The van der Waals surface area contributed by atoms with Crippen LogP contribution >= 0.6 is 0 Å². The molecule has 0 aromatic rings. The highest BCUT2D eigenvalue weighted by atomic mass is 15.1. The van der Waals surface area contributed by atoms with Crippen molar-refractivity contribution in [2.24, 2.45) is 11.8 Å². The predicted octanol–water partition coefficient (Wildman–Crippen LogP) is 2.35. The molecular formula is C13H28N2. The fourth-order valence-corrected chi connectivity index (χ4v) is 2.44. The zero-order chi connectivity index (χ0) is 11.6. The third-order valence-electron chi connectivity index (χ3n) is 3.82. The summed E-state index contributed by atoms with van der Waals surface area (Å²) in [5, 5.41) is 3.81. The van der Waals surface area contributed by atoms with Crippen LogP contribution in [0.5, 0.6) is 0 Å². The number of nitrogens with zero attached hydrogens (tertiary/aromatic N) is 1. The minimum atomic E-state index is 0.693. The first kappa shape index (κ1) is 13.0. The largest absolute Gasteiger partial charge is 0.311 e. The zero-order valence-electron chi connectivity index (χ0n) is 11.2. The van der Waals surface area contributed by atoms with Crippen LogP contribution in [0.25, 0.3) is 0 Å². The van der Waals surface area contributed by atoms with E-state index in [1.54, 1.807) is 0 Å². The topological polar surface area (TPSA) is 15.3 Å². The van der Waals surface area contributed by atoms with Gasteiger partial charge >= 0.3 is 0 Å². The van der Waals surface area contributed by atoms with Gasteiger partial charge in [0.25, 0.3) is 0 Å². The molecule has 2 nitrogen and oxygen atoms in total. The molecule has 0 saturated carbocycles. The maximum atomic E-state index is 3.81. The Bertz CT molecular complexity index is 148. The Kier molecular flexibility index (Phi) is 4.60. The second-order valence-corrected chi connectivity index (χ2v) is 5.96. The molecule has 90 valence electrons. The van der Waals surface area contributed by atoms with Crippen LogP contribution in [0.15, 0.2) is 0 Å². The molecule has 2 atom stereocenters. The summed E-state index contributed by atoms with van der Waals surface area (Å²) >= 11 is 0. The first-order chi connectivity index (χ1) is 6.91. The number of nitrogens with one attached hydrogen (secondary N) is 1. The first-order valence-corrected chi connectivity index (χ1v) is 6.34. The molecule has 0 amide bonds. The van der Waals surface area contributed by atoms with Crippen molar-refractivity contribution >= 4 is 0 Å². The van der Waals surface area contributed by atoms with Crippen molar-refractivity contribution in [3.63, 3.8) is 0 Å². The lowest BCUT2D eigenvalue weighted by molar-refractivity contribution is 0.133. The second-order valence-electron chi connectivity index (χ2n) is 5.96. The van der Waals surface area contributed by atoms with E-state index in [-0.39, 0.29) is 0 Å². The molecule has 2 heteroatoms. The SMILES string of the molecule is CC(C)C1CC(N(C)C)CC(C(C)C)N1. The highest BCUT2D eigenvalue weighted by Gasteiger charge is 2.31. The fourth-order valence-electron chi connectivity index (χ4n) is 2.44. The summed E-state index contributed by atoms with van der Waals surface area (Å²) in [6, 6.07) is 2.14. The molecule has 15 heavy (non-hydrogen) atoms. The van der Waals surface area contributed by atoms with Gasteiger partial charge in [0.1, 0.15) is 0 Å². The molecule has 0 radical (unpaired) electrons. The van der Waals surface area contributed by atoms with Crippen molar-refractivity contribution in [3.05, 3.63) is 0 Å². The summed E-state index contributed by atoms with van der Waals surface area (Å²) in [7, 11) is 4.43. The van der Waals surface area contributed by atoms with Gasteiger partial charge in [0.15, 0.2) is 0 Å². The van der Waals surface area contributed by atoms with Crippen molar-refractivity contribution in [3.8, 4) is 0 Å². The lowest BCUT2D eigenvalue weighted by atomic mass is 9.84. The minimum Gasteiger partial charge on any atom is -0.311 e. The Labute approximate surface area is 95.4 Å². The number of hydrogen-bond donors (Lipinski definition) is 1. The van der Waals surface area contributed by atoms with Crippen molar-refractivity contribution < 1.29 is 0 Å². The molecule has 1 fully saturated rings. The van der Waals surface area contributed by atoms with E-state index in [0.29, 0.717) is 12.1 Å². The van der Waals surface area contributed by atoms with Gasteiger partial charge in [-0.05, 0) is 38.8 Å². The summed E-state index contributed by atoms with van der Waals surface area (Å²) in [5.41, 5.74) is 0. The van der Waals surface area contributed by atoms with Crippen molar-refractivity contribution in [2.75, 3.05) is 14.1 Å². The molecule has 0 bridgehead atoms. The Morgan fingerprint density at radius 3 is 1.60 bits per heavy atom. The van der Waals surface area contributed by atoms with E-state index in [2.05, 4.69) is 52.0 Å². The van der Waals surface area contributed by atoms with Crippen LogP contribution in [0.3, 0.4) is 0 Å². The van der Waals surface area contributed by atoms with Gasteiger partial charge in [0.05, 0.1) is 0 Å². The van der Waals surface area contributed by atoms with Crippen LogP contribution in [0, 0.1) is 11.8 Å². The average molecular weight is 212 g/mol. The molecule has 2 unspecified atom stereocenters. The molecule has 1 aliphatic heterocycles. The Morgan fingerprint density at radius 1 is 0.933 bits per heavy atom. The van der Waals surface area contributed by atoms with E-state index < -0.39 is 0 Å². The molecule has 1 saturated heterocycles. The number of hydrogen-bond acceptors (Lipinski definition) is 2. The van der Waals surface area contributed by atoms with E-state index >= 15 is 0 Å². The lowest BCUT2D eigenvalue weighted by Gasteiger charge is -2.42. The molecule has 0 aromatic carbocycles. The van der Waals surface area contributed by atoms with Crippen molar-refractivity contribution in [1.29, 1.82) is 0 Å². The van der Waals surface area contributed by atoms with E-state index in [4.69, 9.17) is 0 Å². The van der Waals surface area contributed by atoms with Gasteiger partial charge < -0.3 is 10.2 Å². The van der Waals surface area contributed by atoms with E-state index in [9.17, 15) is 0 Å². The summed E-state index contributed by atoms with van der Waals surface area (Å²) in [6.45, 7) is 9.31. The summed E-state index contributed by atoms with van der Waals surface area (Å²) in [5.74, 6) is 1.49. The Hall–Kier alpha value is -0.0800. The van der Waals surface area contributed by atoms with Crippen molar-refractivity contribution in [1.82, 2.24) is 10.2 Å². The fraction of sp³-hybridized carbons (Fsp3) is 1.00. The van der Waals surface area contributed by atoms with Crippen LogP contribution in [-0.4, -0.2) is 37.1 Å². The minimum absolute atomic E-state index is 0.693. The van der Waals surface area contributed by atoms with E-state index in [1.807, 2.05) is 0 Å². The van der Waals surface area contributed by atoms with Gasteiger partial charge in [-0.2, -0.15) is 0 Å². The monoisotopic (exact) mass is 212 g/mol. The summed E-state index contributed by atoms with van der Waals surface area (Å²) in [4.78, 5) is 2.39. The molecule has 1 aliphatic rings. The Balaban J connectivity index is 2.64. The highest BCUT2D eigenvalue weighted by molar-refractivity contribution is 4.91. The van der Waals surface area contributed by atoms with Crippen LogP contribution in [-0.2, 0) is 0 Å². The van der Waals surface area contributed by atoms with Gasteiger partial charge in [-0.15, -0.1) is 0 Å². The van der Waals surface area contributed by atoms with E-state index in [1.165, 1.54) is 12.8 Å². The van der Waals surface area contributed by atoms with E-state index in [0.717, 1.165) is 17.9 Å². The van der Waals surface area contributed by atoms with Gasteiger partial charge in [-0.3, -0.25) is 0 Å². The number of rotatable bonds is 3.